The fourth-order valence-corrected chi connectivity index (χ4v) is 3.23. The van der Waals surface area contributed by atoms with Crippen LogP contribution in [0.1, 0.15) is 27.9 Å². The standard InChI is InChI=1S/C16H16N2O3S/c17-22(20,21)15-6-2-5-14(10-15)18-16(19)13-8-7-11-3-1-4-12(11)9-13/h2,5-10H,1,3-4H2,(H,18,19)(H2,17,20,21). The van der Waals surface area contributed by atoms with Crippen molar-refractivity contribution in [3.05, 3.63) is 59.2 Å². The smallest absolute Gasteiger partial charge is 0.255 e. The summed E-state index contributed by atoms with van der Waals surface area (Å²) in [7, 11) is -3.79. The molecular formula is C16H16N2O3S. The lowest BCUT2D eigenvalue weighted by molar-refractivity contribution is 0.102. The van der Waals surface area contributed by atoms with Gasteiger partial charge in [0.05, 0.1) is 4.90 Å². The minimum absolute atomic E-state index is 0.0285. The Bertz CT molecular complexity index is 844. The number of fused-ring (bicyclic) bond motifs is 1. The average Bonchev–Trinajstić information content (AvgIpc) is 2.94. The Kier molecular flexibility index (Phi) is 3.72. The lowest BCUT2D eigenvalue weighted by atomic mass is 10.1. The molecule has 0 spiro atoms. The van der Waals surface area contributed by atoms with E-state index in [1.807, 2.05) is 12.1 Å². The Labute approximate surface area is 129 Å². The largest absolute Gasteiger partial charge is 0.322 e. The molecule has 3 N–H and O–H groups in total. The average molecular weight is 316 g/mol. The van der Waals surface area contributed by atoms with Crippen molar-refractivity contribution in [2.45, 2.75) is 24.2 Å². The molecule has 0 bridgehead atoms. The molecule has 3 rings (SSSR count). The van der Waals surface area contributed by atoms with Gasteiger partial charge >= 0.3 is 0 Å². The van der Waals surface area contributed by atoms with Crippen molar-refractivity contribution in [3.8, 4) is 0 Å². The topological polar surface area (TPSA) is 89.3 Å². The van der Waals surface area contributed by atoms with Crippen LogP contribution in [-0.4, -0.2) is 14.3 Å². The summed E-state index contributed by atoms with van der Waals surface area (Å²) in [6.45, 7) is 0. The highest BCUT2D eigenvalue weighted by Crippen LogP contribution is 2.23. The summed E-state index contributed by atoms with van der Waals surface area (Å²) in [5.41, 5.74) is 3.48. The molecule has 6 heteroatoms. The first-order chi connectivity index (χ1) is 10.4. The van der Waals surface area contributed by atoms with Crippen molar-refractivity contribution in [1.29, 1.82) is 0 Å². The Hall–Kier alpha value is -2.18. The molecule has 0 radical (unpaired) electrons. The highest BCUT2D eigenvalue weighted by molar-refractivity contribution is 7.89. The van der Waals surface area contributed by atoms with Crippen LogP contribution in [0.4, 0.5) is 5.69 Å². The molecule has 0 heterocycles. The Morgan fingerprint density at radius 2 is 1.82 bits per heavy atom. The van der Waals surface area contributed by atoms with E-state index in [2.05, 4.69) is 5.32 Å². The Morgan fingerprint density at radius 1 is 1.05 bits per heavy atom. The third kappa shape index (κ3) is 3.03. The SMILES string of the molecule is NS(=O)(=O)c1cccc(NC(=O)c2ccc3c(c2)CCC3)c1. The number of primary sulfonamides is 1. The summed E-state index contributed by atoms with van der Waals surface area (Å²) in [6, 6.07) is 11.6. The van der Waals surface area contributed by atoms with E-state index in [9.17, 15) is 13.2 Å². The number of carbonyl (C=O) groups excluding carboxylic acids is 1. The number of carbonyl (C=O) groups is 1. The molecule has 0 saturated heterocycles. The molecule has 0 atom stereocenters. The molecule has 22 heavy (non-hydrogen) atoms. The van der Waals surface area contributed by atoms with E-state index in [1.165, 1.54) is 29.3 Å². The number of hydrogen-bond acceptors (Lipinski definition) is 3. The molecular weight excluding hydrogens is 300 g/mol. The minimum atomic E-state index is -3.79. The minimum Gasteiger partial charge on any atom is -0.322 e. The molecule has 114 valence electrons. The van der Waals surface area contributed by atoms with E-state index in [0.717, 1.165) is 19.3 Å². The second-order valence-corrected chi connectivity index (χ2v) is 6.93. The third-order valence-electron chi connectivity index (χ3n) is 3.78. The van der Waals surface area contributed by atoms with Gasteiger partial charge in [0.25, 0.3) is 5.91 Å². The summed E-state index contributed by atoms with van der Waals surface area (Å²) in [6.07, 6.45) is 3.18. The van der Waals surface area contributed by atoms with Gasteiger partial charge in [-0.3, -0.25) is 4.79 Å². The molecule has 0 fully saturated rings. The van der Waals surface area contributed by atoms with Crippen molar-refractivity contribution in [2.24, 2.45) is 5.14 Å². The van der Waals surface area contributed by atoms with E-state index in [-0.39, 0.29) is 10.8 Å². The summed E-state index contributed by atoms with van der Waals surface area (Å²) in [5, 5.41) is 7.79. The number of benzene rings is 2. The van der Waals surface area contributed by atoms with E-state index in [0.29, 0.717) is 11.3 Å². The molecule has 1 aliphatic rings. The van der Waals surface area contributed by atoms with E-state index in [1.54, 1.807) is 12.1 Å². The summed E-state index contributed by atoms with van der Waals surface area (Å²) < 4.78 is 22.7. The summed E-state index contributed by atoms with van der Waals surface area (Å²) in [5.74, 6) is -0.263. The number of aryl methyl sites for hydroxylation is 2. The van der Waals surface area contributed by atoms with Gasteiger partial charge in [-0.05, 0) is 60.7 Å². The summed E-state index contributed by atoms with van der Waals surface area (Å²) >= 11 is 0. The van der Waals surface area contributed by atoms with Crippen LogP contribution in [0.2, 0.25) is 0 Å². The van der Waals surface area contributed by atoms with Crippen molar-refractivity contribution < 1.29 is 13.2 Å². The maximum absolute atomic E-state index is 12.3. The first-order valence-corrected chi connectivity index (χ1v) is 8.54. The second-order valence-electron chi connectivity index (χ2n) is 5.36. The van der Waals surface area contributed by atoms with Gasteiger partial charge in [0.15, 0.2) is 0 Å². The molecule has 0 aliphatic heterocycles. The molecule has 1 aliphatic carbocycles. The van der Waals surface area contributed by atoms with Crippen molar-refractivity contribution in [2.75, 3.05) is 5.32 Å². The first-order valence-electron chi connectivity index (χ1n) is 6.99. The van der Waals surface area contributed by atoms with Crippen LogP contribution in [0, 0.1) is 0 Å². The van der Waals surface area contributed by atoms with Gasteiger partial charge in [0.2, 0.25) is 10.0 Å². The van der Waals surface area contributed by atoms with Gasteiger partial charge in [-0.2, -0.15) is 0 Å². The lowest BCUT2D eigenvalue weighted by Gasteiger charge is -2.08. The number of nitrogens with two attached hydrogens (primary N) is 1. The van der Waals surface area contributed by atoms with Crippen LogP contribution in [0.15, 0.2) is 47.4 Å². The summed E-state index contributed by atoms with van der Waals surface area (Å²) in [4.78, 5) is 12.3. The molecule has 0 unspecified atom stereocenters. The molecule has 0 saturated carbocycles. The van der Waals surface area contributed by atoms with Gasteiger partial charge in [-0.15, -0.1) is 0 Å². The van der Waals surface area contributed by atoms with Crippen molar-refractivity contribution in [1.82, 2.24) is 0 Å². The highest BCUT2D eigenvalue weighted by atomic mass is 32.2. The Balaban J connectivity index is 1.83. The second kappa shape index (κ2) is 5.55. The van der Waals surface area contributed by atoms with Crippen LogP contribution < -0.4 is 10.5 Å². The third-order valence-corrected chi connectivity index (χ3v) is 4.69. The van der Waals surface area contributed by atoms with E-state index < -0.39 is 10.0 Å². The van der Waals surface area contributed by atoms with Gasteiger partial charge < -0.3 is 5.32 Å². The maximum Gasteiger partial charge on any atom is 0.255 e. The van der Waals surface area contributed by atoms with E-state index in [4.69, 9.17) is 5.14 Å². The monoisotopic (exact) mass is 316 g/mol. The van der Waals surface area contributed by atoms with Gasteiger partial charge in [0.1, 0.15) is 0 Å². The van der Waals surface area contributed by atoms with Gasteiger partial charge in [-0.1, -0.05) is 12.1 Å². The number of hydrogen-bond donors (Lipinski definition) is 2. The maximum atomic E-state index is 12.3. The van der Waals surface area contributed by atoms with Crippen LogP contribution in [0.25, 0.3) is 0 Å². The first kappa shape index (κ1) is 14.7. The van der Waals surface area contributed by atoms with Gasteiger partial charge in [-0.25, -0.2) is 13.6 Å². The highest BCUT2D eigenvalue weighted by Gasteiger charge is 2.15. The normalized spacial score (nSPS) is 13.7. The predicted molar refractivity (Wildman–Crippen MR) is 84.2 cm³/mol. The van der Waals surface area contributed by atoms with E-state index >= 15 is 0 Å². The predicted octanol–water partition coefficient (Wildman–Crippen LogP) is 2.08. The van der Waals surface area contributed by atoms with Gasteiger partial charge in [0, 0.05) is 11.3 Å². The molecule has 2 aromatic carbocycles. The van der Waals surface area contributed by atoms with Crippen molar-refractivity contribution in [3.63, 3.8) is 0 Å². The molecule has 0 aromatic heterocycles. The molecule has 5 nitrogen and oxygen atoms in total. The fourth-order valence-electron chi connectivity index (χ4n) is 2.67. The van der Waals surface area contributed by atoms with Crippen LogP contribution >= 0.6 is 0 Å². The zero-order valence-electron chi connectivity index (χ0n) is 11.9. The van der Waals surface area contributed by atoms with Crippen LogP contribution in [-0.2, 0) is 22.9 Å². The number of sulfonamides is 1. The lowest BCUT2D eigenvalue weighted by Crippen LogP contribution is -2.15. The quantitative estimate of drug-likeness (QED) is 0.908. The fraction of sp³-hybridized carbons (Fsp3) is 0.188. The number of amides is 1. The van der Waals surface area contributed by atoms with Crippen molar-refractivity contribution >= 4 is 21.6 Å². The van der Waals surface area contributed by atoms with Crippen LogP contribution in [0.3, 0.4) is 0 Å². The number of rotatable bonds is 3. The molecule has 1 amide bonds. The zero-order valence-corrected chi connectivity index (χ0v) is 12.7. The Morgan fingerprint density at radius 3 is 2.59 bits per heavy atom. The van der Waals surface area contributed by atoms with Crippen LogP contribution in [0.5, 0.6) is 0 Å². The number of nitrogens with one attached hydrogen (secondary N) is 1. The molecule has 2 aromatic rings. The number of anilines is 1. The zero-order chi connectivity index (χ0) is 15.7.